The smallest absolute Gasteiger partial charge is 0.386 e. The van der Waals surface area contributed by atoms with Crippen LogP contribution in [0, 0.1) is 0 Å². The van der Waals surface area contributed by atoms with Crippen LogP contribution in [0.3, 0.4) is 0 Å². The Balaban J connectivity index is 1.32. The summed E-state index contributed by atoms with van der Waals surface area (Å²) in [5, 5.41) is 0.283. The molecule has 0 saturated carbocycles. The maximum Gasteiger partial charge on any atom is 0.386 e. The number of esters is 2. The van der Waals surface area contributed by atoms with Gasteiger partial charge in [0.25, 0.3) is 11.5 Å². The van der Waals surface area contributed by atoms with Gasteiger partial charge in [0.2, 0.25) is 42.4 Å². The lowest BCUT2D eigenvalue weighted by Crippen LogP contribution is -2.26. The monoisotopic (exact) mass is 880 g/mol. The van der Waals surface area contributed by atoms with E-state index in [1.54, 1.807) is 60.7 Å². The van der Waals surface area contributed by atoms with Crippen molar-refractivity contribution in [3.63, 3.8) is 0 Å². The SMILES string of the molecule is O=C(OC(=O)c1oc(CNS(=O)(=O)c2cccc(Cl)c2)cc(=O)c1OCc1ccccc1)c1oc(CNS(=O)(=O)c2cccc(Cl)c2)cc(=O)c1OCc1ccccc1. The van der Waals surface area contributed by atoms with E-state index in [4.69, 9.17) is 46.2 Å². The molecule has 59 heavy (non-hydrogen) atoms. The van der Waals surface area contributed by atoms with Crippen LogP contribution >= 0.6 is 23.2 Å². The molecular formula is C40H30Cl2N2O13S2. The highest BCUT2D eigenvalue weighted by atomic mass is 35.5. The van der Waals surface area contributed by atoms with Gasteiger partial charge >= 0.3 is 11.9 Å². The molecule has 0 spiro atoms. The topological polar surface area (TPSA) is 215 Å². The van der Waals surface area contributed by atoms with E-state index in [9.17, 15) is 36.0 Å². The first-order chi connectivity index (χ1) is 28.2. The van der Waals surface area contributed by atoms with Gasteiger partial charge < -0.3 is 23.0 Å². The van der Waals surface area contributed by atoms with Crippen LogP contribution in [0.2, 0.25) is 10.0 Å². The molecule has 2 N–H and O–H groups in total. The van der Waals surface area contributed by atoms with Crippen molar-refractivity contribution in [2.75, 3.05) is 0 Å². The molecule has 304 valence electrons. The number of hydrogen-bond donors (Lipinski definition) is 2. The number of nitrogens with one attached hydrogen (secondary N) is 2. The van der Waals surface area contributed by atoms with Gasteiger partial charge in [0.1, 0.15) is 24.7 Å². The molecule has 2 aromatic heterocycles. The van der Waals surface area contributed by atoms with Crippen molar-refractivity contribution in [2.24, 2.45) is 0 Å². The van der Waals surface area contributed by atoms with Crippen LogP contribution in [0.1, 0.15) is 43.8 Å². The zero-order valence-corrected chi connectivity index (χ0v) is 33.4. The van der Waals surface area contributed by atoms with Crippen LogP contribution in [0.4, 0.5) is 0 Å². The van der Waals surface area contributed by atoms with Gasteiger partial charge in [-0.3, -0.25) is 9.59 Å². The van der Waals surface area contributed by atoms with Gasteiger partial charge in [0.15, 0.2) is 0 Å². The highest BCUT2D eigenvalue weighted by Gasteiger charge is 2.30. The van der Waals surface area contributed by atoms with Crippen LogP contribution < -0.4 is 29.8 Å². The molecule has 15 nitrogen and oxygen atoms in total. The molecule has 0 amide bonds. The highest BCUT2D eigenvalue weighted by molar-refractivity contribution is 7.89. The Morgan fingerprint density at radius 2 is 0.932 bits per heavy atom. The quantitative estimate of drug-likeness (QED) is 0.0843. The van der Waals surface area contributed by atoms with E-state index in [0.717, 1.165) is 12.1 Å². The molecule has 0 unspecified atom stereocenters. The normalized spacial score (nSPS) is 11.5. The lowest BCUT2D eigenvalue weighted by Gasteiger charge is -2.13. The van der Waals surface area contributed by atoms with E-state index in [1.165, 1.54) is 48.5 Å². The van der Waals surface area contributed by atoms with Crippen molar-refractivity contribution >= 4 is 55.2 Å². The Labute approximate surface area is 346 Å². The van der Waals surface area contributed by atoms with Gasteiger partial charge in [-0.25, -0.2) is 35.9 Å². The maximum atomic E-state index is 13.8. The van der Waals surface area contributed by atoms with Crippen molar-refractivity contribution in [2.45, 2.75) is 36.1 Å². The van der Waals surface area contributed by atoms with Gasteiger partial charge in [0, 0.05) is 22.2 Å². The molecule has 0 saturated heterocycles. The van der Waals surface area contributed by atoms with E-state index in [1.807, 2.05) is 0 Å². The summed E-state index contributed by atoms with van der Waals surface area (Å²) in [6, 6.07) is 29.4. The number of carbonyl (C=O) groups is 2. The lowest BCUT2D eigenvalue weighted by atomic mass is 10.2. The van der Waals surface area contributed by atoms with Gasteiger partial charge in [-0.1, -0.05) is 96.0 Å². The van der Waals surface area contributed by atoms with Gasteiger partial charge in [0.05, 0.1) is 22.9 Å². The second kappa shape index (κ2) is 18.7. The Morgan fingerprint density at radius 1 is 0.542 bits per heavy atom. The second-order valence-electron chi connectivity index (χ2n) is 12.3. The van der Waals surface area contributed by atoms with Gasteiger partial charge in [-0.2, -0.15) is 0 Å². The number of rotatable bonds is 16. The van der Waals surface area contributed by atoms with Crippen LogP contribution in [0.5, 0.6) is 11.5 Å². The Bertz CT molecular complexity index is 2660. The van der Waals surface area contributed by atoms with E-state index < -0.39 is 79.0 Å². The minimum atomic E-state index is -4.21. The third kappa shape index (κ3) is 11.1. The predicted octanol–water partition coefficient (Wildman–Crippen LogP) is 6.01. The largest absolute Gasteiger partial charge is 0.481 e. The molecule has 0 atom stereocenters. The molecule has 6 rings (SSSR count). The first kappa shape index (κ1) is 42.5. The molecule has 0 aliphatic rings. The molecule has 0 radical (unpaired) electrons. The minimum absolute atomic E-state index is 0.142. The second-order valence-corrected chi connectivity index (χ2v) is 16.7. The molecule has 0 aliphatic heterocycles. The standard InChI is InChI=1S/C40H30Cl2N2O13S2/c41-27-13-7-15-31(17-27)58(49,50)43-21-29-19-33(45)35(53-23-25-9-3-1-4-10-25)37(55-29)39(47)57-40(48)38-36(54-24-26-11-5-2-6-12-26)34(46)20-30(56-38)22-44-59(51,52)32-16-8-14-28(42)18-32/h1-20,43-44H,21-24H2. The maximum absolute atomic E-state index is 13.8. The van der Waals surface area contributed by atoms with E-state index in [-0.39, 0.29) is 44.6 Å². The molecule has 0 aliphatic carbocycles. The van der Waals surface area contributed by atoms with Crippen molar-refractivity contribution < 1.29 is 49.5 Å². The molecule has 2 heterocycles. The van der Waals surface area contributed by atoms with Gasteiger partial charge in [-0.05, 0) is 47.5 Å². The summed E-state index contributed by atoms with van der Waals surface area (Å²) in [4.78, 5) is 53.9. The Kier molecular flexibility index (Phi) is 13.5. The summed E-state index contributed by atoms with van der Waals surface area (Å²) < 4.78 is 84.0. The first-order valence-corrected chi connectivity index (χ1v) is 20.9. The predicted molar refractivity (Wildman–Crippen MR) is 212 cm³/mol. The highest BCUT2D eigenvalue weighted by Crippen LogP contribution is 2.24. The average molecular weight is 882 g/mol. The summed E-state index contributed by atoms with van der Waals surface area (Å²) >= 11 is 11.9. The van der Waals surface area contributed by atoms with Crippen LogP contribution in [-0.2, 0) is 51.1 Å². The van der Waals surface area contributed by atoms with E-state index >= 15 is 0 Å². The number of benzene rings is 4. The number of halogens is 2. The zero-order chi connectivity index (χ0) is 42.2. The van der Waals surface area contributed by atoms with Crippen molar-refractivity contribution in [1.29, 1.82) is 0 Å². The molecule has 6 aromatic rings. The fourth-order valence-electron chi connectivity index (χ4n) is 5.18. The third-order valence-electron chi connectivity index (χ3n) is 8.00. The zero-order valence-electron chi connectivity index (χ0n) is 30.3. The molecule has 0 fully saturated rings. The van der Waals surface area contributed by atoms with E-state index in [0.29, 0.717) is 11.1 Å². The minimum Gasteiger partial charge on any atom is -0.481 e. The summed E-state index contributed by atoms with van der Waals surface area (Å²) in [5.41, 5.74) is -0.747. The lowest BCUT2D eigenvalue weighted by molar-refractivity contribution is 0.0337. The van der Waals surface area contributed by atoms with Crippen LogP contribution in [0.25, 0.3) is 0 Å². The summed E-state index contributed by atoms with van der Waals surface area (Å²) in [6.07, 6.45) is 0. The summed E-state index contributed by atoms with van der Waals surface area (Å²) in [5.74, 6) is -7.29. The fraction of sp³-hybridized carbons (Fsp3) is 0.100. The molecular weight excluding hydrogens is 851 g/mol. The molecule has 0 bridgehead atoms. The Hall–Kier alpha value is -6.08. The van der Waals surface area contributed by atoms with Crippen LogP contribution in [0.15, 0.2) is 150 Å². The average Bonchev–Trinajstić information content (AvgIpc) is 3.21. The van der Waals surface area contributed by atoms with Crippen molar-refractivity contribution in [3.05, 3.63) is 186 Å². The van der Waals surface area contributed by atoms with Crippen molar-refractivity contribution in [3.8, 4) is 11.5 Å². The van der Waals surface area contributed by atoms with Gasteiger partial charge in [-0.15, -0.1) is 0 Å². The fourth-order valence-corrected chi connectivity index (χ4v) is 7.77. The van der Waals surface area contributed by atoms with Crippen LogP contribution in [-0.4, -0.2) is 28.8 Å². The molecule has 19 heteroatoms. The van der Waals surface area contributed by atoms with E-state index in [2.05, 4.69) is 9.44 Å². The number of ether oxygens (including phenoxy) is 3. The molecule has 4 aromatic carbocycles. The third-order valence-corrected chi connectivity index (χ3v) is 11.3. The Morgan fingerprint density at radius 3 is 1.31 bits per heavy atom. The summed E-state index contributed by atoms with van der Waals surface area (Å²) in [6.45, 7) is -1.81. The number of sulfonamides is 2. The first-order valence-electron chi connectivity index (χ1n) is 17.1. The number of carbonyl (C=O) groups excluding carboxylic acids is 2. The number of hydrogen-bond acceptors (Lipinski definition) is 13. The van der Waals surface area contributed by atoms with Crippen molar-refractivity contribution in [1.82, 2.24) is 9.44 Å². The summed E-state index contributed by atoms with van der Waals surface area (Å²) in [7, 11) is -8.42.